The Bertz CT molecular complexity index is 498. The minimum absolute atomic E-state index is 0.0228. The Labute approximate surface area is 115 Å². The topological polar surface area (TPSA) is 32.3 Å². The number of hydrogen-bond acceptors (Lipinski definition) is 1. The van der Waals surface area contributed by atoms with Crippen LogP contribution in [0, 0.1) is 18.3 Å². The monoisotopic (exact) mass is 256 g/mol. The van der Waals surface area contributed by atoms with Crippen molar-refractivity contribution in [1.29, 1.82) is 0 Å². The van der Waals surface area contributed by atoms with Crippen LogP contribution in [0.25, 0.3) is 0 Å². The van der Waals surface area contributed by atoms with Crippen LogP contribution in [-0.2, 0) is 0 Å². The van der Waals surface area contributed by atoms with E-state index in [2.05, 4.69) is 25.1 Å². The second kappa shape index (κ2) is 5.79. The van der Waals surface area contributed by atoms with Crippen LogP contribution in [-0.4, -0.2) is 23.5 Å². The largest absolute Gasteiger partial charge is 0.322 e. The Morgan fingerprint density at radius 1 is 1.53 bits per heavy atom. The summed E-state index contributed by atoms with van der Waals surface area (Å²) in [7, 11) is 0. The van der Waals surface area contributed by atoms with Crippen molar-refractivity contribution in [3.63, 3.8) is 0 Å². The van der Waals surface area contributed by atoms with Crippen molar-refractivity contribution in [2.24, 2.45) is 5.92 Å². The van der Waals surface area contributed by atoms with E-state index in [0.717, 1.165) is 30.6 Å². The first-order chi connectivity index (χ1) is 9.10. The highest BCUT2D eigenvalue weighted by molar-refractivity contribution is 5.90. The van der Waals surface area contributed by atoms with Crippen LogP contribution < -0.4 is 5.32 Å². The fourth-order valence-electron chi connectivity index (χ4n) is 2.06. The zero-order valence-corrected chi connectivity index (χ0v) is 11.5. The highest BCUT2D eigenvalue weighted by Gasteiger charge is 2.32. The average molecular weight is 256 g/mol. The Hall–Kier alpha value is -1.95. The third-order valence-corrected chi connectivity index (χ3v) is 3.09. The van der Waals surface area contributed by atoms with Crippen molar-refractivity contribution in [2.45, 2.75) is 32.7 Å². The van der Waals surface area contributed by atoms with E-state index in [1.165, 1.54) is 0 Å². The maximum Gasteiger partial charge on any atom is 0.322 e. The van der Waals surface area contributed by atoms with Crippen LogP contribution in [0.15, 0.2) is 24.3 Å². The van der Waals surface area contributed by atoms with E-state index in [1.807, 2.05) is 29.2 Å². The van der Waals surface area contributed by atoms with Gasteiger partial charge in [-0.1, -0.05) is 25.8 Å². The molecule has 1 aromatic carbocycles. The Kier molecular flexibility index (Phi) is 4.11. The first-order valence-corrected chi connectivity index (χ1v) is 6.74. The number of hydrogen-bond donors (Lipinski definition) is 1. The third kappa shape index (κ3) is 3.75. The lowest BCUT2D eigenvalue weighted by Gasteiger charge is -2.24. The maximum atomic E-state index is 12.3. The van der Waals surface area contributed by atoms with Crippen LogP contribution in [0.1, 0.15) is 32.3 Å². The minimum Gasteiger partial charge on any atom is -0.321 e. The van der Waals surface area contributed by atoms with Gasteiger partial charge in [0.1, 0.15) is 0 Å². The van der Waals surface area contributed by atoms with E-state index < -0.39 is 0 Å². The highest BCUT2D eigenvalue weighted by Crippen LogP contribution is 2.28. The van der Waals surface area contributed by atoms with Gasteiger partial charge in [-0.05, 0) is 37.0 Å². The van der Waals surface area contributed by atoms with Crippen molar-refractivity contribution < 1.29 is 4.79 Å². The normalized spacial score (nSPS) is 14.0. The van der Waals surface area contributed by atoms with Gasteiger partial charge in [-0.2, -0.15) is 0 Å². The molecule has 2 amide bonds. The summed E-state index contributed by atoms with van der Waals surface area (Å²) in [6.07, 6.45) is 7.59. The average Bonchev–Trinajstić information content (AvgIpc) is 3.20. The summed E-state index contributed by atoms with van der Waals surface area (Å²) in [6.45, 7) is 5.05. The summed E-state index contributed by atoms with van der Waals surface area (Å²) < 4.78 is 0. The number of carbonyl (C=O) groups excluding carboxylic acids is 1. The Balaban J connectivity index is 2.04. The molecule has 0 aromatic heterocycles. The Morgan fingerprint density at radius 2 is 2.26 bits per heavy atom. The fraction of sp³-hybridized carbons (Fsp3) is 0.438. The molecule has 0 bridgehead atoms. The SMILES string of the molecule is C#Cc1cccc(NC(=O)N(CC(C)C)C2CC2)c1. The number of carbonyl (C=O) groups is 1. The second-order valence-electron chi connectivity index (χ2n) is 5.43. The van der Waals surface area contributed by atoms with E-state index in [1.54, 1.807) is 0 Å². The number of nitrogens with zero attached hydrogens (tertiary/aromatic N) is 1. The van der Waals surface area contributed by atoms with Gasteiger partial charge in [-0.15, -0.1) is 6.42 Å². The van der Waals surface area contributed by atoms with Gasteiger partial charge >= 0.3 is 6.03 Å². The Morgan fingerprint density at radius 3 is 2.84 bits per heavy atom. The van der Waals surface area contributed by atoms with Crippen molar-refractivity contribution in [3.05, 3.63) is 29.8 Å². The molecule has 0 aliphatic heterocycles. The third-order valence-electron chi connectivity index (χ3n) is 3.09. The van der Waals surface area contributed by atoms with E-state index in [9.17, 15) is 4.79 Å². The lowest BCUT2D eigenvalue weighted by Crippen LogP contribution is -2.39. The van der Waals surface area contributed by atoms with E-state index in [0.29, 0.717) is 12.0 Å². The predicted molar refractivity (Wildman–Crippen MR) is 78.0 cm³/mol. The molecule has 0 spiro atoms. The van der Waals surface area contributed by atoms with Gasteiger partial charge < -0.3 is 10.2 Å². The summed E-state index contributed by atoms with van der Waals surface area (Å²) in [6, 6.07) is 7.78. The van der Waals surface area contributed by atoms with Gasteiger partial charge in [0.2, 0.25) is 0 Å². The quantitative estimate of drug-likeness (QED) is 0.823. The molecule has 0 heterocycles. The molecule has 100 valence electrons. The molecule has 3 nitrogen and oxygen atoms in total. The van der Waals surface area contributed by atoms with E-state index in [-0.39, 0.29) is 6.03 Å². The molecular weight excluding hydrogens is 236 g/mol. The summed E-state index contributed by atoms with van der Waals surface area (Å²) in [4.78, 5) is 14.2. The van der Waals surface area contributed by atoms with Crippen LogP contribution in [0.3, 0.4) is 0 Å². The zero-order chi connectivity index (χ0) is 13.8. The predicted octanol–water partition coefficient (Wildman–Crippen LogP) is 3.32. The summed E-state index contributed by atoms with van der Waals surface area (Å²) in [5, 5.41) is 2.93. The van der Waals surface area contributed by atoms with E-state index in [4.69, 9.17) is 6.42 Å². The molecule has 0 atom stereocenters. The van der Waals surface area contributed by atoms with Crippen molar-refractivity contribution in [2.75, 3.05) is 11.9 Å². The molecule has 1 saturated carbocycles. The molecule has 19 heavy (non-hydrogen) atoms. The molecule has 1 fully saturated rings. The van der Waals surface area contributed by atoms with Crippen molar-refractivity contribution in [3.8, 4) is 12.3 Å². The van der Waals surface area contributed by atoms with E-state index >= 15 is 0 Å². The zero-order valence-electron chi connectivity index (χ0n) is 11.5. The van der Waals surface area contributed by atoms with Crippen LogP contribution in [0.5, 0.6) is 0 Å². The minimum atomic E-state index is -0.0228. The van der Waals surface area contributed by atoms with Crippen LogP contribution >= 0.6 is 0 Å². The fourth-order valence-corrected chi connectivity index (χ4v) is 2.06. The van der Waals surface area contributed by atoms with Gasteiger partial charge in [0.25, 0.3) is 0 Å². The molecule has 0 radical (unpaired) electrons. The molecule has 1 aliphatic carbocycles. The first kappa shape index (κ1) is 13.5. The molecule has 3 heteroatoms. The molecule has 0 saturated heterocycles. The molecule has 1 aromatic rings. The number of amides is 2. The lowest BCUT2D eigenvalue weighted by atomic mass is 10.2. The number of anilines is 1. The standard InChI is InChI=1S/C16H20N2O/c1-4-13-6-5-7-14(10-13)17-16(19)18(11-12(2)3)15-8-9-15/h1,5-7,10,12,15H,8-9,11H2,2-3H3,(H,17,19). The number of benzene rings is 1. The number of urea groups is 1. The second-order valence-corrected chi connectivity index (χ2v) is 5.43. The van der Waals surface area contributed by atoms with Crippen LogP contribution in [0.2, 0.25) is 0 Å². The first-order valence-electron chi connectivity index (χ1n) is 6.74. The van der Waals surface area contributed by atoms with Gasteiger partial charge in [0.15, 0.2) is 0 Å². The van der Waals surface area contributed by atoms with Crippen molar-refractivity contribution >= 4 is 11.7 Å². The van der Waals surface area contributed by atoms with Crippen molar-refractivity contribution in [1.82, 2.24) is 4.90 Å². The van der Waals surface area contributed by atoms with Gasteiger partial charge in [0.05, 0.1) is 0 Å². The summed E-state index contributed by atoms with van der Waals surface area (Å²) in [5.74, 6) is 3.05. The maximum absolute atomic E-state index is 12.3. The number of terminal acetylenes is 1. The summed E-state index contributed by atoms with van der Waals surface area (Å²) in [5.41, 5.74) is 1.54. The molecule has 1 aliphatic rings. The molecule has 1 N–H and O–H groups in total. The molecule has 2 rings (SSSR count). The lowest BCUT2D eigenvalue weighted by molar-refractivity contribution is 0.201. The molecule has 0 unspecified atom stereocenters. The number of nitrogens with one attached hydrogen (secondary N) is 1. The summed E-state index contributed by atoms with van der Waals surface area (Å²) >= 11 is 0. The van der Waals surface area contributed by atoms with Gasteiger partial charge in [0, 0.05) is 23.8 Å². The molecular formula is C16H20N2O. The van der Waals surface area contributed by atoms with Gasteiger partial charge in [-0.3, -0.25) is 0 Å². The highest BCUT2D eigenvalue weighted by atomic mass is 16.2. The smallest absolute Gasteiger partial charge is 0.321 e. The van der Waals surface area contributed by atoms with Gasteiger partial charge in [-0.25, -0.2) is 4.79 Å². The van der Waals surface area contributed by atoms with Crippen LogP contribution in [0.4, 0.5) is 10.5 Å². The number of rotatable bonds is 4.